The van der Waals surface area contributed by atoms with Gasteiger partial charge in [0.05, 0.1) is 32.7 Å². The molecule has 1 fully saturated rings. The van der Waals surface area contributed by atoms with Gasteiger partial charge in [0.25, 0.3) is 0 Å². The molecule has 1 aromatic heterocycles. The fourth-order valence-electron chi connectivity index (χ4n) is 4.77. The lowest BCUT2D eigenvalue weighted by Crippen LogP contribution is -3.15. The number of piperazine rings is 1. The molecule has 4 aromatic rings. The van der Waals surface area contributed by atoms with Crippen LogP contribution in [0.4, 0.5) is 5.69 Å². The summed E-state index contributed by atoms with van der Waals surface area (Å²) in [6, 6.07) is 25.0. The highest BCUT2D eigenvalue weighted by atomic mass is 35.5. The minimum Gasteiger partial charge on any atom is -0.385 e. The Morgan fingerprint density at radius 1 is 0.867 bits per heavy atom. The van der Waals surface area contributed by atoms with E-state index in [1.165, 1.54) is 32.4 Å². The zero-order valence-electron chi connectivity index (χ0n) is 17.0. The zero-order chi connectivity index (χ0) is 20.5. The van der Waals surface area contributed by atoms with Gasteiger partial charge in [0.1, 0.15) is 12.6 Å². The van der Waals surface area contributed by atoms with Crippen LogP contribution in [0.25, 0.3) is 21.8 Å². The molecule has 0 spiro atoms. The van der Waals surface area contributed by atoms with E-state index in [2.05, 4.69) is 64.1 Å². The summed E-state index contributed by atoms with van der Waals surface area (Å²) >= 11 is 6.14. The highest BCUT2D eigenvalue weighted by Crippen LogP contribution is 2.28. The molecule has 3 aromatic carbocycles. The molecule has 154 valence electrons. The predicted octanol–water partition coefficient (Wildman–Crippen LogP) is 3.21. The number of rotatable bonds is 5. The van der Waals surface area contributed by atoms with E-state index in [4.69, 9.17) is 11.6 Å². The average Bonchev–Trinajstić information content (AvgIpc) is 3.08. The second-order valence-corrected chi connectivity index (χ2v) is 8.66. The van der Waals surface area contributed by atoms with Crippen molar-refractivity contribution in [3.63, 3.8) is 0 Å². The molecule has 1 saturated heterocycles. The normalized spacial score (nSPS) is 16.4. The third kappa shape index (κ3) is 3.79. The van der Waals surface area contributed by atoms with Crippen molar-refractivity contribution >= 4 is 39.1 Å². The van der Waals surface area contributed by atoms with Crippen molar-refractivity contribution in [1.29, 1.82) is 0 Å². The van der Waals surface area contributed by atoms with Crippen LogP contribution in [-0.2, 0) is 6.54 Å². The van der Waals surface area contributed by atoms with Crippen LogP contribution in [0.15, 0.2) is 72.8 Å². The van der Waals surface area contributed by atoms with Crippen molar-refractivity contribution in [1.82, 2.24) is 4.57 Å². The van der Waals surface area contributed by atoms with Gasteiger partial charge in [-0.3, -0.25) is 0 Å². The lowest BCUT2D eigenvalue weighted by Gasteiger charge is -2.34. The SMILES string of the molecule is O[C@H](Cn1c2ccccc2c2ccccc21)C[NH+]1CCN(c2cccc(Cl)c2)CC1. The van der Waals surface area contributed by atoms with Crippen LogP contribution < -0.4 is 9.80 Å². The van der Waals surface area contributed by atoms with Gasteiger partial charge in [0, 0.05) is 32.5 Å². The first kappa shape index (κ1) is 19.4. The summed E-state index contributed by atoms with van der Waals surface area (Å²) in [5.41, 5.74) is 3.57. The van der Waals surface area contributed by atoms with Crippen molar-refractivity contribution in [3.8, 4) is 0 Å². The topological polar surface area (TPSA) is 32.8 Å². The summed E-state index contributed by atoms with van der Waals surface area (Å²) in [7, 11) is 0. The Balaban J connectivity index is 1.26. The molecule has 30 heavy (non-hydrogen) atoms. The maximum absolute atomic E-state index is 10.9. The maximum Gasteiger partial charge on any atom is 0.121 e. The monoisotopic (exact) mass is 420 g/mol. The standard InChI is InChI=1S/C25H26ClN3O/c26-19-6-5-7-20(16-19)28-14-12-27(13-15-28)17-21(30)18-29-24-10-3-1-8-22(24)23-9-2-4-11-25(23)29/h1-11,16,21,30H,12-15,17-18H2/p+1/t21-/m0/s1. The summed E-state index contributed by atoms with van der Waals surface area (Å²) in [6.45, 7) is 5.41. The number of hydrogen-bond donors (Lipinski definition) is 2. The average molecular weight is 421 g/mol. The van der Waals surface area contributed by atoms with Crippen LogP contribution in [0.3, 0.4) is 0 Å². The summed E-state index contributed by atoms with van der Waals surface area (Å²) in [4.78, 5) is 3.84. The van der Waals surface area contributed by atoms with Crippen LogP contribution in [0, 0.1) is 0 Å². The minimum atomic E-state index is -0.378. The Labute approximate surface area is 181 Å². The quantitative estimate of drug-likeness (QED) is 0.519. The maximum atomic E-state index is 10.9. The molecule has 0 saturated carbocycles. The molecule has 0 unspecified atom stereocenters. The summed E-state index contributed by atoms with van der Waals surface area (Å²) in [6.07, 6.45) is -0.378. The van der Waals surface area contributed by atoms with Gasteiger partial charge in [-0.25, -0.2) is 0 Å². The molecule has 0 aliphatic carbocycles. The first-order chi connectivity index (χ1) is 14.7. The number of benzene rings is 3. The fourth-order valence-corrected chi connectivity index (χ4v) is 4.95. The lowest BCUT2D eigenvalue weighted by molar-refractivity contribution is -0.903. The first-order valence-electron chi connectivity index (χ1n) is 10.7. The molecule has 2 heterocycles. The van der Waals surface area contributed by atoms with Gasteiger partial charge < -0.3 is 19.5 Å². The van der Waals surface area contributed by atoms with Gasteiger partial charge in [-0.15, -0.1) is 0 Å². The zero-order valence-corrected chi connectivity index (χ0v) is 17.7. The van der Waals surface area contributed by atoms with Gasteiger partial charge in [-0.1, -0.05) is 54.1 Å². The number of nitrogens with one attached hydrogen (secondary N) is 1. The Morgan fingerprint density at radius 3 is 2.13 bits per heavy atom. The Morgan fingerprint density at radius 2 is 1.50 bits per heavy atom. The molecule has 0 bridgehead atoms. The van der Waals surface area contributed by atoms with Gasteiger partial charge in [0.2, 0.25) is 0 Å². The molecule has 0 radical (unpaired) electrons. The number of hydrogen-bond acceptors (Lipinski definition) is 2. The molecule has 1 aliphatic rings. The predicted molar refractivity (Wildman–Crippen MR) is 125 cm³/mol. The number of halogens is 1. The number of nitrogens with zero attached hydrogens (tertiary/aromatic N) is 2. The van der Waals surface area contributed by atoms with Crippen LogP contribution in [0.5, 0.6) is 0 Å². The van der Waals surface area contributed by atoms with E-state index in [0.29, 0.717) is 6.54 Å². The number of para-hydroxylation sites is 2. The third-order valence-corrected chi connectivity index (χ3v) is 6.48. The largest absolute Gasteiger partial charge is 0.385 e. The lowest BCUT2D eigenvalue weighted by atomic mass is 10.2. The fraction of sp³-hybridized carbons (Fsp3) is 0.280. The molecule has 1 aliphatic heterocycles. The van der Waals surface area contributed by atoms with Crippen molar-refractivity contribution in [2.24, 2.45) is 0 Å². The van der Waals surface area contributed by atoms with Crippen molar-refractivity contribution in [3.05, 3.63) is 77.8 Å². The van der Waals surface area contributed by atoms with Gasteiger partial charge in [-0.2, -0.15) is 0 Å². The molecule has 5 rings (SSSR count). The van der Waals surface area contributed by atoms with E-state index in [9.17, 15) is 5.11 Å². The number of aliphatic hydroxyl groups excluding tert-OH is 1. The number of aliphatic hydroxyl groups is 1. The summed E-state index contributed by atoms with van der Waals surface area (Å²) in [5.74, 6) is 0. The summed E-state index contributed by atoms with van der Waals surface area (Å²) < 4.78 is 2.27. The highest BCUT2D eigenvalue weighted by Gasteiger charge is 2.23. The first-order valence-corrected chi connectivity index (χ1v) is 11.0. The van der Waals surface area contributed by atoms with Crippen LogP contribution in [0.1, 0.15) is 0 Å². The highest BCUT2D eigenvalue weighted by molar-refractivity contribution is 6.30. The van der Waals surface area contributed by atoms with Crippen LogP contribution in [-0.4, -0.2) is 48.5 Å². The number of aromatic nitrogens is 1. The molecule has 4 nitrogen and oxygen atoms in total. The Hall–Kier alpha value is -2.53. The van der Waals surface area contributed by atoms with E-state index < -0.39 is 0 Å². The van der Waals surface area contributed by atoms with E-state index in [0.717, 1.165) is 37.7 Å². The van der Waals surface area contributed by atoms with E-state index >= 15 is 0 Å². The minimum absolute atomic E-state index is 0.378. The molecule has 2 N–H and O–H groups in total. The Bertz CT molecular complexity index is 1110. The van der Waals surface area contributed by atoms with E-state index in [-0.39, 0.29) is 6.10 Å². The van der Waals surface area contributed by atoms with Crippen molar-refractivity contribution in [2.45, 2.75) is 12.6 Å². The number of anilines is 1. The molecule has 5 heteroatoms. The van der Waals surface area contributed by atoms with Crippen LogP contribution >= 0.6 is 11.6 Å². The van der Waals surface area contributed by atoms with E-state index in [1.807, 2.05) is 18.2 Å². The smallest absolute Gasteiger partial charge is 0.121 e. The van der Waals surface area contributed by atoms with Crippen molar-refractivity contribution in [2.75, 3.05) is 37.6 Å². The molecular weight excluding hydrogens is 394 g/mol. The van der Waals surface area contributed by atoms with Crippen LogP contribution in [0.2, 0.25) is 5.02 Å². The van der Waals surface area contributed by atoms with Gasteiger partial charge in [0.15, 0.2) is 0 Å². The second kappa shape index (κ2) is 8.31. The third-order valence-electron chi connectivity index (χ3n) is 6.24. The van der Waals surface area contributed by atoms with Gasteiger partial charge in [-0.05, 0) is 30.3 Å². The second-order valence-electron chi connectivity index (χ2n) is 8.22. The molecule has 1 atom stereocenters. The number of quaternary nitrogens is 1. The van der Waals surface area contributed by atoms with E-state index in [1.54, 1.807) is 0 Å². The molecular formula is C25H27ClN3O+. The Kier molecular flexibility index (Phi) is 5.38. The molecule has 0 amide bonds. The summed E-state index contributed by atoms with van der Waals surface area (Å²) in [5, 5.41) is 14.2. The van der Waals surface area contributed by atoms with Gasteiger partial charge >= 0.3 is 0 Å². The number of fused-ring (bicyclic) bond motifs is 3. The van der Waals surface area contributed by atoms with Crippen molar-refractivity contribution < 1.29 is 10.0 Å².